The average Bonchev–Trinajstić information content (AvgIpc) is 3.14. The lowest BCUT2D eigenvalue weighted by Crippen LogP contribution is -2.22. The molecule has 0 radical (unpaired) electrons. The third-order valence-electron chi connectivity index (χ3n) is 3.91. The fourth-order valence-corrected chi connectivity index (χ4v) is 2.48. The van der Waals surface area contributed by atoms with E-state index in [1.54, 1.807) is 16.8 Å². The van der Waals surface area contributed by atoms with E-state index in [-0.39, 0.29) is 11.7 Å². The van der Waals surface area contributed by atoms with E-state index in [4.69, 9.17) is 4.74 Å². The molecule has 3 aromatic rings. The van der Waals surface area contributed by atoms with Crippen molar-refractivity contribution in [1.29, 1.82) is 0 Å². The number of aromatic nitrogens is 3. The maximum absolute atomic E-state index is 12.8. The van der Waals surface area contributed by atoms with Crippen LogP contribution < -0.4 is 10.1 Å². The van der Waals surface area contributed by atoms with Gasteiger partial charge in [-0.3, -0.25) is 9.48 Å². The van der Waals surface area contributed by atoms with Crippen LogP contribution in [0.5, 0.6) is 5.75 Å². The number of nitrogens with one attached hydrogen (secondary N) is 1. The summed E-state index contributed by atoms with van der Waals surface area (Å²) in [6.07, 6.45) is 2.86. The van der Waals surface area contributed by atoms with Gasteiger partial charge in [0.25, 0.3) is 0 Å². The minimum atomic E-state index is -0.286. The number of carbonyl (C=O) groups is 1. The van der Waals surface area contributed by atoms with E-state index in [2.05, 4.69) is 15.6 Å². The first-order chi connectivity index (χ1) is 13.2. The number of hydrogen-bond acceptors (Lipinski definition) is 4. The highest BCUT2D eigenvalue weighted by Crippen LogP contribution is 2.10. The number of para-hydroxylation sites is 1. The molecule has 0 aliphatic heterocycles. The van der Waals surface area contributed by atoms with Gasteiger partial charge in [-0.05, 0) is 36.2 Å². The summed E-state index contributed by atoms with van der Waals surface area (Å²) >= 11 is 0. The zero-order valence-corrected chi connectivity index (χ0v) is 14.8. The Bertz CT molecular complexity index is 850. The molecule has 27 heavy (non-hydrogen) atoms. The van der Waals surface area contributed by atoms with Gasteiger partial charge in [0, 0.05) is 19.5 Å². The Hall–Kier alpha value is -3.22. The number of ether oxygens (including phenoxy) is 1. The van der Waals surface area contributed by atoms with Crippen LogP contribution in [0.4, 0.5) is 4.39 Å². The molecule has 1 heterocycles. The first-order valence-electron chi connectivity index (χ1n) is 8.77. The summed E-state index contributed by atoms with van der Waals surface area (Å²) in [4.78, 5) is 11.9. The summed E-state index contributed by atoms with van der Waals surface area (Å²) < 4.78 is 20.2. The van der Waals surface area contributed by atoms with E-state index < -0.39 is 0 Å². The number of rotatable bonds is 9. The molecule has 0 saturated heterocycles. The van der Waals surface area contributed by atoms with Gasteiger partial charge in [0.2, 0.25) is 5.91 Å². The summed E-state index contributed by atoms with van der Waals surface area (Å²) in [6.45, 7) is 1.34. The number of nitrogens with zero attached hydrogens (tertiary/aromatic N) is 3. The number of amides is 1. The third kappa shape index (κ3) is 6.22. The Morgan fingerprint density at radius 1 is 1.11 bits per heavy atom. The van der Waals surface area contributed by atoms with Crippen molar-refractivity contribution in [3.63, 3.8) is 0 Å². The van der Waals surface area contributed by atoms with Gasteiger partial charge in [0.15, 0.2) is 0 Å². The zero-order valence-electron chi connectivity index (χ0n) is 14.8. The van der Waals surface area contributed by atoms with Gasteiger partial charge in [-0.25, -0.2) is 4.39 Å². The Labute approximate surface area is 157 Å². The molecule has 7 heteroatoms. The van der Waals surface area contributed by atoms with Crippen LogP contribution in [0.3, 0.4) is 0 Å². The van der Waals surface area contributed by atoms with Crippen LogP contribution in [0.1, 0.15) is 24.1 Å². The maximum atomic E-state index is 12.8. The highest BCUT2D eigenvalue weighted by molar-refractivity contribution is 5.75. The van der Waals surface area contributed by atoms with E-state index in [0.29, 0.717) is 32.5 Å². The molecular formula is C20H21FN4O2. The number of benzene rings is 2. The summed E-state index contributed by atoms with van der Waals surface area (Å²) in [5, 5.41) is 10.9. The Kier molecular flexibility index (Phi) is 6.51. The van der Waals surface area contributed by atoms with Gasteiger partial charge in [-0.1, -0.05) is 35.5 Å². The molecule has 3 rings (SSSR count). The molecule has 0 spiro atoms. The van der Waals surface area contributed by atoms with Crippen LogP contribution in [0.15, 0.2) is 60.8 Å². The Morgan fingerprint density at radius 2 is 1.89 bits per heavy atom. The number of halogens is 1. The molecule has 0 fully saturated rings. The van der Waals surface area contributed by atoms with Crippen LogP contribution in [-0.4, -0.2) is 20.9 Å². The van der Waals surface area contributed by atoms with Gasteiger partial charge < -0.3 is 10.1 Å². The Morgan fingerprint density at radius 3 is 2.67 bits per heavy atom. The van der Waals surface area contributed by atoms with E-state index in [1.165, 1.54) is 12.1 Å². The molecule has 1 amide bonds. The average molecular weight is 368 g/mol. The molecule has 0 bridgehead atoms. The van der Waals surface area contributed by atoms with Crippen molar-refractivity contribution >= 4 is 5.91 Å². The highest BCUT2D eigenvalue weighted by atomic mass is 19.1. The number of hydrogen-bond donors (Lipinski definition) is 1. The van der Waals surface area contributed by atoms with Crippen molar-refractivity contribution in [3.8, 4) is 5.75 Å². The lowest BCUT2D eigenvalue weighted by Gasteiger charge is -2.05. The van der Waals surface area contributed by atoms with Crippen molar-refractivity contribution in [2.24, 2.45) is 0 Å². The predicted molar refractivity (Wildman–Crippen MR) is 98.3 cm³/mol. The van der Waals surface area contributed by atoms with Crippen LogP contribution in [0.2, 0.25) is 0 Å². The lowest BCUT2D eigenvalue weighted by molar-refractivity contribution is -0.121. The molecule has 0 saturated carbocycles. The molecule has 0 aliphatic rings. The van der Waals surface area contributed by atoms with E-state index >= 15 is 0 Å². The van der Waals surface area contributed by atoms with Crippen molar-refractivity contribution in [3.05, 3.63) is 77.9 Å². The van der Waals surface area contributed by atoms with Crippen molar-refractivity contribution in [2.45, 2.75) is 32.5 Å². The number of aryl methyl sites for hydroxylation is 1. The minimum absolute atomic E-state index is 0.0490. The van der Waals surface area contributed by atoms with Gasteiger partial charge in [-0.15, -0.1) is 5.10 Å². The van der Waals surface area contributed by atoms with Crippen molar-refractivity contribution in [2.75, 3.05) is 0 Å². The molecule has 1 N–H and O–H groups in total. The van der Waals surface area contributed by atoms with Crippen LogP contribution >= 0.6 is 0 Å². The van der Waals surface area contributed by atoms with Crippen LogP contribution in [-0.2, 0) is 24.5 Å². The van der Waals surface area contributed by atoms with Crippen LogP contribution in [0.25, 0.3) is 0 Å². The second kappa shape index (κ2) is 9.47. The van der Waals surface area contributed by atoms with E-state index in [1.807, 2.05) is 36.5 Å². The lowest BCUT2D eigenvalue weighted by atomic mass is 10.2. The largest absolute Gasteiger partial charge is 0.487 e. The monoisotopic (exact) mass is 368 g/mol. The van der Waals surface area contributed by atoms with Crippen LogP contribution in [0, 0.1) is 5.82 Å². The SMILES string of the molecule is O=C(CCCn1cc(COc2ccccc2)nn1)NCc1ccc(F)cc1. The number of carbonyl (C=O) groups excluding carboxylic acids is 1. The molecule has 0 aliphatic carbocycles. The van der Waals surface area contributed by atoms with Gasteiger partial charge >= 0.3 is 0 Å². The first-order valence-corrected chi connectivity index (χ1v) is 8.77. The molecular weight excluding hydrogens is 347 g/mol. The summed E-state index contributed by atoms with van der Waals surface area (Å²) in [5.41, 5.74) is 1.60. The van der Waals surface area contributed by atoms with Gasteiger partial charge in [-0.2, -0.15) is 0 Å². The predicted octanol–water partition coefficient (Wildman–Crippen LogP) is 3.09. The quantitative estimate of drug-likeness (QED) is 0.630. The summed E-state index contributed by atoms with van der Waals surface area (Å²) in [6, 6.07) is 15.6. The van der Waals surface area contributed by atoms with Crippen molar-refractivity contribution < 1.29 is 13.9 Å². The van der Waals surface area contributed by atoms with E-state index in [9.17, 15) is 9.18 Å². The third-order valence-corrected chi connectivity index (χ3v) is 3.91. The molecule has 2 aromatic carbocycles. The first kappa shape index (κ1) is 18.6. The molecule has 6 nitrogen and oxygen atoms in total. The van der Waals surface area contributed by atoms with Gasteiger partial charge in [0.1, 0.15) is 23.9 Å². The standard InChI is InChI=1S/C20H21FN4O2/c21-17-10-8-16(9-11-17)13-22-20(26)7-4-12-25-14-18(23-24-25)15-27-19-5-2-1-3-6-19/h1-3,5-6,8-11,14H,4,7,12-13,15H2,(H,22,26). The van der Waals surface area contributed by atoms with Gasteiger partial charge in [0.05, 0.1) is 6.20 Å². The second-order valence-corrected chi connectivity index (χ2v) is 6.08. The fraction of sp³-hybridized carbons (Fsp3) is 0.250. The van der Waals surface area contributed by atoms with Crippen molar-refractivity contribution in [1.82, 2.24) is 20.3 Å². The Balaban J connectivity index is 1.34. The maximum Gasteiger partial charge on any atom is 0.220 e. The fourth-order valence-electron chi connectivity index (χ4n) is 2.48. The topological polar surface area (TPSA) is 69.0 Å². The molecule has 140 valence electrons. The molecule has 0 atom stereocenters. The highest BCUT2D eigenvalue weighted by Gasteiger charge is 2.05. The zero-order chi connectivity index (χ0) is 18.9. The second-order valence-electron chi connectivity index (χ2n) is 6.08. The summed E-state index contributed by atoms with van der Waals surface area (Å²) in [7, 11) is 0. The smallest absolute Gasteiger partial charge is 0.220 e. The molecule has 1 aromatic heterocycles. The normalized spacial score (nSPS) is 10.6. The summed E-state index contributed by atoms with van der Waals surface area (Å²) in [5.74, 6) is 0.448. The molecule has 0 unspecified atom stereocenters. The minimum Gasteiger partial charge on any atom is -0.487 e. The van der Waals surface area contributed by atoms with E-state index in [0.717, 1.165) is 17.0 Å².